The van der Waals surface area contributed by atoms with Crippen LogP contribution >= 0.6 is 0 Å². The summed E-state index contributed by atoms with van der Waals surface area (Å²) in [6.07, 6.45) is 11.0. The molecule has 0 atom stereocenters. The molecule has 0 aliphatic rings. The Bertz CT molecular complexity index is 728. The van der Waals surface area contributed by atoms with E-state index in [0.29, 0.717) is 24.3 Å². The zero-order valence-electron chi connectivity index (χ0n) is 23.0. The average Bonchev–Trinajstić information content (AvgIpc) is 2.76. The molecule has 0 radical (unpaired) electrons. The van der Waals surface area contributed by atoms with Gasteiger partial charge in [-0.25, -0.2) is 9.59 Å². The van der Waals surface area contributed by atoms with Gasteiger partial charge in [-0.1, -0.05) is 106 Å². The highest BCUT2D eigenvalue weighted by Crippen LogP contribution is 2.26. The van der Waals surface area contributed by atoms with E-state index in [4.69, 9.17) is 9.47 Å². The maximum absolute atomic E-state index is 12.9. The van der Waals surface area contributed by atoms with Gasteiger partial charge >= 0.3 is 11.9 Å². The SMILES string of the molecule is CC(C)CCCCCCOC(=O)c1ccc(C(C)(C)C)cc1C(=O)OCCCCCCC(C)C. The molecule has 0 aliphatic heterocycles. The van der Waals surface area contributed by atoms with Gasteiger partial charge in [-0.05, 0) is 47.8 Å². The summed E-state index contributed by atoms with van der Waals surface area (Å²) in [6, 6.07) is 5.43. The van der Waals surface area contributed by atoms with Gasteiger partial charge in [-0.15, -0.1) is 0 Å². The van der Waals surface area contributed by atoms with Crippen molar-refractivity contribution in [2.45, 2.75) is 118 Å². The number of hydrogen-bond acceptors (Lipinski definition) is 4. The van der Waals surface area contributed by atoms with Crippen LogP contribution in [0.4, 0.5) is 0 Å². The Morgan fingerprint density at radius 3 is 1.56 bits per heavy atom. The number of rotatable bonds is 16. The first-order valence-corrected chi connectivity index (χ1v) is 13.5. The molecule has 0 aliphatic carbocycles. The number of hydrogen-bond donors (Lipinski definition) is 0. The quantitative estimate of drug-likeness (QED) is 0.178. The van der Waals surface area contributed by atoms with Crippen LogP contribution in [0.15, 0.2) is 18.2 Å². The van der Waals surface area contributed by atoms with Crippen molar-refractivity contribution in [1.82, 2.24) is 0 Å². The van der Waals surface area contributed by atoms with Crippen molar-refractivity contribution in [3.8, 4) is 0 Å². The normalized spacial score (nSPS) is 11.8. The topological polar surface area (TPSA) is 52.6 Å². The minimum Gasteiger partial charge on any atom is -0.462 e. The fourth-order valence-electron chi connectivity index (χ4n) is 3.86. The van der Waals surface area contributed by atoms with E-state index < -0.39 is 11.9 Å². The molecule has 0 heterocycles. The van der Waals surface area contributed by atoms with Gasteiger partial charge in [0.1, 0.15) is 0 Å². The highest BCUT2D eigenvalue weighted by Gasteiger charge is 2.23. The lowest BCUT2D eigenvalue weighted by Gasteiger charge is -2.20. The third-order valence-corrected chi connectivity index (χ3v) is 6.14. The molecule has 4 heteroatoms. The molecule has 0 spiro atoms. The second-order valence-corrected chi connectivity index (χ2v) is 11.5. The zero-order chi connectivity index (χ0) is 25.6. The molecule has 0 fully saturated rings. The van der Waals surface area contributed by atoms with Gasteiger partial charge in [-0.2, -0.15) is 0 Å². The summed E-state index contributed by atoms with van der Waals surface area (Å²) in [7, 11) is 0. The van der Waals surface area contributed by atoms with Crippen LogP contribution in [0.5, 0.6) is 0 Å². The Morgan fingerprint density at radius 2 is 1.12 bits per heavy atom. The average molecular weight is 475 g/mol. The Balaban J connectivity index is 2.65. The molecule has 0 aromatic heterocycles. The Labute approximate surface area is 209 Å². The smallest absolute Gasteiger partial charge is 0.339 e. The summed E-state index contributed by atoms with van der Waals surface area (Å²) >= 11 is 0. The fourth-order valence-corrected chi connectivity index (χ4v) is 3.86. The van der Waals surface area contributed by atoms with Crippen molar-refractivity contribution in [2.24, 2.45) is 11.8 Å². The largest absolute Gasteiger partial charge is 0.462 e. The number of esters is 2. The Kier molecular flexibility index (Phi) is 14.2. The molecule has 0 unspecified atom stereocenters. The van der Waals surface area contributed by atoms with Crippen LogP contribution in [0.2, 0.25) is 0 Å². The minimum absolute atomic E-state index is 0.135. The molecule has 1 aromatic rings. The van der Waals surface area contributed by atoms with Crippen molar-refractivity contribution in [2.75, 3.05) is 13.2 Å². The van der Waals surface area contributed by atoms with Gasteiger partial charge in [-0.3, -0.25) is 0 Å². The summed E-state index contributed by atoms with van der Waals surface area (Å²) in [5.74, 6) is 0.588. The number of unbranched alkanes of at least 4 members (excludes halogenated alkanes) is 6. The van der Waals surface area contributed by atoms with Gasteiger partial charge < -0.3 is 9.47 Å². The number of carbonyl (C=O) groups is 2. The van der Waals surface area contributed by atoms with E-state index in [2.05, 4.69) is 48.5 Å². The summed E-state index contributed by atoms with van der Waals surface area (Å²) in [5, 5.41) is 0. The van der Waals surface area contributed by atoms with E-state index in [1.807, 2.05) is 6.07 Å². The summed E-state index contributed by atoms with van der Waals surface area (Å²) < 4.78 is 11.1. The molecule has 34 heavy (non-hydrogen) atoms. The van der Waals surface area contributed by atoms with Crippen LogP contribution in [0.1, 0.15) is 139 Å². The lowest BCUT2D eigenvalue weighted by molar-refractivity contribution is 0.0450. The van der Waals surface area contributed by atoms with E-state index in [1.54, 1.807) is 12.1 Å². The van der Waals surface area contributed by atoms with Gasteiger partial charge in [0.05, 0.1) is 24.3 Å². The molecular weight excluding hydrogens is 424 g/mol. The lowest BCUT2D eigenvalue weighted by Crippen LogP contribution is -2.18. The van der Waals surface area contributed by atoms with E-state index >= 15 is 0 Å². The third kappa shape index (κ3) is 12.6. The predicted octanol–water partition coefficient (Wildman–Crippen LogP) is 8.51. The zero-order valence-corrected chi connectivity index (χ0v) is 23.0. The van der Waals surface area contributed by atoms with Gasteiger partial charge in [0, 0.05) is 0 Å². The first-order valence-electron chi connectivity index (χ1n) is 13.5. The highest BCUT2D eigenvalue weighted by molar-refractivity contribution is 6.03. The van der Waals surface area contributed by atoms with Crippen LogP contribution in [0, 0.1) is 11.8 Å². The van der Waals surface area contributed by atoms with Crippen LogP contribution in [-0.4, -0.2) is 25.2 Å². The molecule has 4 nitrogen and oxygen atoms in total. The summed E-state index contributed by atoms with van der Waals surface area (Å²) in [5.41, 5.74) is 1.47. The summed E-state index contributed by atoms with van der Waals surface area (Å²) in [6.45, 7) is 16.0. The van der Waals surface area contributed by atoms with Crippen molar-refractivity contribution in [3.05, 3.63) is 34.9 Å². The number of ether oxygens (including phenoxy) is 2. The van der Waals surface area contributed by atoms with Gasteiger partial charge in [0.15, 0.2) is 0 Å². The van der Waals surface area contributed by atoms with Crippen LogP contribution in [0.3, 0.4) is 0 Å². The standard InChI is InChI=1S/C30H50O4/c1-23(2)16-12-8-10-14-20-33-28(31)26-19-18-25(30(5,6)7)22-27(26)29(32)34-21-15-11-9-13-17-24(3)4/h18-19,22-24H,8-17,20-21H2,1-7H3. The monoisotopic (exact) mass is 474 g/mol. The molecule has 0 amide bonds. The van der Waals surface area contributed by atoms with Crippen molar-refractivity contribution in [1.29, 1.82) is 0 Å². The Morgan fingerprint density at radius 1 is 0.676 bits per heavy atom. The van der Waals surface area contributed by atoms with Gasteiger partial charge in [0.2, 0.25) is 0 Å². The highest BCUT2D eigenvalue weighted by atomic mass is 16.5. The molecule has 0 bridgehead atoms. The van der Waals surface area contributed by atoms with E-state index in [0.717, 1.165) is 55.9 Å². The van der Waals surface area contributed by atoms with Crippen molar-refractivity contribution >= 4 is 11.9 Å². The molecule has 1 rings (SSSR count). The molecule has 1 aromatic carbocycles. The van der Waals surface area contributed by atoms with Crippen molar-refractivity contribution < 1.29 is 19.1 Å². The minimum atomic E-state index is -0.441. The number of carbonyl (C=O) groups excluding carboxylic acids is 2. The van der Waals surface area contributed by atoms with E-state index in [9.17, 15) is 9.59 Å². The first-order chi connectivity index (χ1) is 16.0. The van der Waals surface area contributed by atoms with Gasteiger partial charge in [0.25, 0.3) is 0 Å². The van der Waals surface area contributed by atoms with Crippen LogP contribution < -0.4 is 0 Å². The first kappa shape index (κ1) is 30.2. The second-order valence-electron chi connectivity index (χ2n) is 11.5. The maximum atomic E-state index is 12.9. The van der Waals surface area contributed by atoms with E-state index in [-0.39, 0.29) is 5.41 Å². The fraction of sp³-hybridized carbons (Fsp3) is 0.733. The molecule has 0 saturated heterocycles. The van der Waals surface area contributed by atoms with Crippen LogP contribution in [0.25, 0.3) is 0 Å². The molecule has 0 N–H and O–H groups in total. The van der Waals surface area contributed by atoms with Crippen molar-refractivity contribution in [3.63, 3.8) is 0 Å². The maximum Gasteiger partial charge on any atom is 0.339 e. The number of benzene rings is 1. The Hall–Kier alpha value is -1.84. The second kappa shape index (κ2) is 15.9. The van der Waals surface area contributed by atoms with E-state index in [1.165, 1.54) is 25.7 Å². The summed E-state index contributed by atoms with van der Waals surface area (Å²) in [4.78, 5) is 25.7. The lowest BCUT2D eigenvalue weighted by atomic mass is 9.85. The molecular formula is C30H50O4. The third-order valence-electron chi connectivity index (χ3n) is 6.14. The molecule has 194 valence electrons. The molecule has 0 saturated carbocycles. The van der Waals surface area contributed by atoms with Crippen LogP contribution in [-0.2, 0) is 14.9 Å². The predicted molar refractivity (Wildman–Crippen MR) is 142 cm³/mol.